The van der Waals surface area contributed by atoms with Gasteiger partial charge in [0.05, 0.1) is 6.20 Å². The molecule has 0 aliphatic carbocycles. The normalized spacial score (nSPS) is 13.6. The smallest absolute Gasteiger partial charge is 0.164 e. The van der Waals surface area contributed by atoms with E-state index >= 15 is 0 Å². The Morgan fingerprint density at radius 1 is 1.32 bits per heavy atom. The molecule has 0 aliphatic rings. The Balaban J connectivity index is 1.89. The average molecular weight is 314 g/mol. The van der Waals surface area contributed by atoms with Crippen LogP contribution < -0.4 is 0 Å². The zero-order valence-corrected chi connectivity index (χ0v) is 14.3. The minimum atomic E-state index is -1.12. The van der Waals surface area contributed by atoms with E-state index in [1.807, 2.05) is 30.9 Å². The van der Waals surface area contributed by atoms with Crippen LogP contribution in [0, 0.1) is 0 Å². The lowest BCUT2D eigenvalue weighted by Crippen LogP contribution is -2.23. The largest absolute Gasteiger partial charge is 0.354 e. The molecule has 0 amide bonds. The van der Waals surface area contributed by atoms with Gasteiger partial charge in [-0.15, -0.1) is 0 Å². The van der Waals surface area contributed by atoms with Crippen LogP contribution in [0.1, 0.15) is 11.8 Å². The highest BCUT2D eigenvalue weighted by atomic mass is 28.3. The van der Waals surface area contributed by atoms with Gasteiger partial charge in [-0.25, -0.2) is 4.98 Å². The van der Waals surface area contributed by atoms with E-state index in [-0.39, 0.29) is 6.23 Å². The Labute approximate surface area is 131 Å². The Hall–Kier alpha value is -1.92. The molecule has 116 valence electrons. The first-order chi connectivity index (χ1) is 10.5. The predicted molar refractivity (Wildman–Crippen MR) is 90.6 cm³/mol. The minimum absolute atomic E-state index is 0.192. The van der Waals surface area contributed by atoms with E-state index in [1.54, 1.807) is 0 Å². The molecule has 3 aromatic heterocycles. The maximum absolute atomic E-state index is 6.21. The van der Waals surface area contributed by atoms with Crippen molar-refractivity contribution in [3.63, 3.8) is 0 Å². The first-order valence-corrected chi connectivity index (χ1v) is 11.3. The number of hydrogen-bond donors (Lipinski definition) is 1. The molecular weight excluding hydrogens is 292 g/mol. The molecule has 1 atom stereocenters. The second-order valence-electron chi connectivity index (χ2n) is 6.70. The highest BCUT2D eigenvalue weighted by Gasteiger charge is 2.20. The van der Waals surface area contributed by atoms with Gasteiger partial charge < -0.3 is 9.30 Å². The number of hydrogen-bond acceptors (Lipinski definition) is 3. The molecule has 0 radical (unpaired) electrons. The van der Waals surface area contributed by atoms with Crippen molar-refractivity contribution in [1.82, 2.24) is 19.7 Å². The zero-order valence-electron chi connectivity index (χ0n) is 13.3. The van der Waals surface area contributed by atoms with Crippen molar-refractivity contribution in [2.75, 3.05) is 6.61 Å². The van der Waals surface area contributed by atoms with Crippen LogP contribution in [0.4, 0.5) is 0 Å². The predicted octanol–water partition coefficient (Wildman–Crippen LogP) is 3.66. The van der Waals surface area contributed by atoms with E-state index in [4.69, 9.17) is 4.74 Å². The number of aromatic amines is 1. The number of nitrogens with one attached hydrogen (secondary N) is 1. The van der Waals surface area contributed by atoms with Crippen LogP contribution in [0.15, 0.2) is 43.0 Å². The van der Waals surface area contributed by atoms with Crippen molar-refractivity contribution in [1.29, 1.82) is 0 Å². The molecule has 22 heavy (non-hydrogen) atoms. The summed E-state index contributed by atoms with van der Waals surface area (Å²) in [5.74, 6) is 0. The van der Waals surface area contributed by atoms with Gasteiger partial charge in [0, 0.05) is 44.2 Å². The van der Waals surface area contributed by atoms with Crippen LogP contribution in [0.25, 0.3) is 11.0 Å². The van der Waals surface area contributed by atoms with Gasteiger partial charge in [-0.2, -0.15) is 5.10 Å². The summed E-state index contributed by atoms with van der Waals surface area (Å²) in [6.07, 6.45) is 7.35. The van der Waals surface area contributed by atoms with E-state index in [0.717, 1.165) is 29.2 Å². The molecule has 0 spiro atoms. The molecule has 3 heterocycles. The van der Waals surface area contributed by atoms with E-state index in [2.05, 4.69) is 51.5 Å². The number of nitrogens with zero attached hydrogens (tertiary/aromatic N) is 3. The third-order valence-electron chi connectivity index (χ3n) is 3.66. The molecule has 5 nitrogen and oxygen atoms in total. The minimum Gasteiger partial charge on any atom is -0.354 e. The molecule has 3 rings (SSSR count). The van der Waals surface area contributed by atoms with Crippen molar-refractivity contribution in [3.8, 4) is 0 Å². The summed E-state index contributed by atoms with van der Waals surface area (Å²) in [7, 11) is -1.12. The second kappa shape index (κ2) is 6.06. The number of fused-ring (bicyclic) bond motifs is 1. The average Bonchev–Trinajstić information content (AvgIpc) is 3.12. The van der Waals surface area contributed by atoms with Gasteiger partial charge in [0.15, 0.2) is 6.23 Å². The molecule has 0 aromatic carbocycles. The molecule has 1 unspecified atom stereocenters. The zero-order chi connectivity index (χ0) is 15.6. The van der Waals surface area contributed by atoms with Crippen molar-refractivity contribution < 1.29 is 4.74 Å². The van der Waals surface area contributed by atoms with Crippen molar-refractivity contribution in [3.05, 3.63) is 48.5 Å². The molecule has 0 saturated carbocycles. The van der Waals surface area contributed by atoms with Gasteiger partial charge in [-0.05, 0) is 24.2 Å². The highest BCUT2D eigenvalue weighted by Crippen LogP contribution is 2.25. The van der Waals surface area contributed by atoms with Crippen LogP contribution in [0.2, 0.25) is 25.7 Å². The van der Waals surface area contributed by atoms with E-state index in [0.29, 0.717) is 0 Å². The number of rotatable bonds is 6. The first kappa shape index (κ1) is 15.0. The fraction of sp³-hybridized carbons (Fsp3) is 0.375. The summed E-state index contributed by atoms with van der Waals surface area (Å²) in [4.78, 5) is 4.49. The maximum Gasteiger partial charge on any atom is 0.164 e. The van der Waals surface area contributed by atoms with Gasteiger partial charge in [0.1, 0.15) is 5.65 Å². The maximum atomic E-state index is 6.21. The molecular formula is C16H22N4OSi. The third-order valence-corrected chi connectivity index (χ3v) is 5.37. The molecule has 0 saturated heterocycles. The summed E-state index contributed by atoms with van der Waals surface area (Å²) in [6, 6.07) is 7.21. The van der Waals surface area contributed by atoms with E-state index in [1.165, 1.54) is 0 Å². The number of ether oxygens (including phenoxy) is 1. The lowest BCUT2D eigenvalue weighted by Gasteiger charge is -2.22. The topological polar surface area (TPSA) is 55.7 Å². The molecule has 3 aromatic rings. The number of H-pyrrole nitrogens is 1. The van der Waals surface area contributed by atoms with Gasteiger partial charge >= 0.3 is 0 Å². The van der Waals surface area contributed by atoms with E-state index in [9.17, 15) is 0 Å². The Morgan fingerprint density at radius 3 is 2.91 bits per heavy atom. The summed E-state index contributed by atoms with van der Waals surface area (Å²) >= 11 is 0. The third kappa shape index (κ3) is 3.28. The lowest BCUT2D eigenvalue weighted by molar-refractivity contribution is 0.0434. The first-order valence-electron chi connectivity index (χ1n) is 7.56. The Bertz CT molecular complexity index is 730. The van der Waals surface area contributed by atoms with Gasteiger partial charge in [-0.1, -0.05) is 19.6 Å². The summed E-state index contributed by atoms with van der Waals surface area (Å²) < 4.78 is 8.29. The van der Waals surface area contributed by atoms with Crippen LogP contribution in [0.3, 0.4) is 0 Å². The molecule has 0 bridgehead atoms. The standard InChI is InChI=1S/C16H22N4OSi/c1-22(2,3)10-9-21-16(14-11-18-19-12-14)20-8-6-13-5-4-7-17-15(13)20/h4-8,11-12,16H,9-10H2,1-3H3,(H,18,19). The van der Waals surface area contributed by atoms with Crippen molar-refractivity contribution in [2.24, 2.45) is 0 Å². The van der Waals surface area contributed by atoms with Crippen LogP contribution in [-0.2, 0) is 4.74 Å². The molecule has 1 N–H and O–H groups in total. The van der Waals surface area contributed by atoms with Crippen LogP contribution >= 0.6 is 0 Å². The Kier molecular flexibility index (Phi) is 4.13. The van der Waals surface area contributed by atoms with Crippen molar-refractivity contribution in [2.45, 2.75) is 31.9 Å². The quantitative estimate of drug-likeness (QED) is 0.706. The van der Waals surface area contributed by atoms with Gasteiger partial charge in [0.2, 0.25) is 0 Å². The summed E-state index contributed by atoms with van der Waals surface area (Å²) in [6.45, 7) is 7.82. The summed E-state index contributed by atoms with van der Waals surface area (Å²) in [5.41, 5.74) is 1.94. The van der Waals surface area contributed by atoms with Crippen molar-refractivity contribution >= 4 is 19.1 Å². The highest BCUT2D eigenvalue weighted by molar-refractivity contribution is 6.76. The van der Waals surface area contributed by atoms with Gasteiger partial charge in [0.25, 0.3) is 0 Å². The SMILES string of the molecule is C[Si](C)(C)CCOC(c1cn[nH]c1)n1ccc2cccnc21. The number of pyridine rings is 1. The fourth-order valence-corrected chi connectivity index (χ4v) is 3.12. The summed E-state index contributed by atoms with van der Waals surface area (Å²) in [5, 5.41) is 8.05. The van der Waals surface area contributed by atoms with E-state index < -0.39 is 8.07 Å². The molecule has 0 fully saturated rings. The van der Waals surface area contributed by atoms with Crippen LogP contribution in [0.5, 0.6) is 0 Å². The molecule has 6 heteroatoms. The Morgan fingerprint density at radius 2 is 2.18 bits per heavy atom. The van der Waals surface area contributed by atoms with Gasteiger partial charge in [-0.3, -0.25) is 5.10 Å². The second-order valence-corrected chi connectivity index (χ2v) is 12.3. The van der Waals surface area contributed by atoms with Crippen LogP contribution in [-0.4, -0.2) is 34.4 Å². The monoisotopic (exact) mass is 314 g/mol. The molecule has 0 aliphatic heterocycles. The lowest BCUT2D eigenvalue weighted by atomic mass is 10.3. The fourth-order valence-electron chi connectivity index (χ4n) is 2.39. The number of aromatic nitrogens is 4.